The lowest BCUT2D eigenvalue weighted by atomic mass is 9.99. The quantitative estimate of drug-likeness (QED) is 0.626. The molecule has 1 aromatic rings. The van der Waals surface area contributed by atoms with Crippen molar-refractivity contribution in [2.45, 2.75) is 20.8 Å². The highest BCUT2D eigenvalue weighted by atomic mass is 16.6. The third-order valence-corrected chi connectivity index (χ3v) is 3.43. The largest absolute Gasteiger partial charge is 0.449 e. The van der Waals surface area contributed by atoms with E-state index in [1.54, 1.807) is 4.90 Å². The molecule has 0 aliphatic carbocycles. The van der Waals surface area contributed by atoms with Crippen LogP contribution in [0, 0.1) is 15.5 Å². The molecular weight excluding hydrogens is 300 g/mol. The van der Waals surface area contributed by atoms with E-state index in [1.807, 2.05) is 25.7 Å². The highest BCUT2D eigenvalue weighted by Gasteiger charge is 2.25. The molecule has 126 valence electrons. The smallest absolute Gasteiger partial charge is 0.409 e. The number of carbonyl (C=O) groups excluding carboxylic acids is 1. The molecule has 0 unspecified atom stereocenters. The highest BCUT2D eigenvalue weighted by molar-refractivity contribution is 5.68. The Morgan fingerprint density at radius 3 is 2.57 bits per heavy atom. The molecular formula is C15H22N4O4. The highest BCUT2D eigenvalue weighted by Crippen LogP contribution is 2.20. The molecule has 0 atom stereocenters. The summed E-state index contributed by atoms with van der Waals surface area (Å²) in [5.41, 5.74) is -0.0493. The number of hydrogen-bond donors (Lipinski definition) is 0. The van der Waals surface area contributed by atoms with E-state index in [0.717, 1.165) is 0 Å². The lowest BCUT2D eigenvalue weighted by Crippen LogP contribution is -2.49. The van der Waals surface area contributed by atoms with Gasteiger partial charge in [0.2, 0.25) is 0 Å². The molecule has 8 heteroatoms. The summed E-state index contributed by atoms with van der Waals surface area (Å²) in [6, 6.07) is 2.82. The van der Waals surface area contributed by atoms with E-state index in [0.29, 0.717) is 38.6 Å². The van der Waals surface area contributed by atoms with Crippen molar-refractivity contribution in [2.75, 3.05) is 37.7 Å². The van der Waals surface area contributed by atoms with Gasteiger partial charge in [0, 0.05) is 38.4 Å². The van der Waals surface area contributed by atoms with Gasteiger partial charge in [-0.1, -0.05) is 20.8 Å². The van der Waals surface area contributed by atoms with Gasteiger partial charge < -0.3 is 14.5 Å². The summed E-state index contributed by atoms with van der Waals surface area (Å²) in [6.07, 6.45) is 1.11. The Bertz CT molecular complexity index is 577. The SMILES string of the molecule is CC(C)(C)COC(=O)N1CCN(c2cc([N+](=O)[O-])ccn2)CC1. The lowest BCUT2D eigenvalue weighted by Gasteiger charge is -2.35. The van der Waals surface area contributed by atoms with E-state index < -0.39 is 4.92 Å². The second kappa shape index (κ2) is 6.80. The average Bonchev–Trinajstić information content (AvgIpc) is 2.52. The molecule has 1 aliphatic rings. The Hall–Kier alpha value is -2.38. The summed E-state index contributed by atoms with van der Waals surface area (Å²) in [6.45, 7) is 8.54. The number of carbonyl (C=O) groups is 1. The van der Waals surface area contributed by atoms with Crippen LogP contribution in [-0.4, -0.2) is 53.7 Å². The molecule has 23 heavy (non-hydrogen) atoms. The zero-order valence-electron chi connectivity index (χ0n) is 13.7. The van der Waals surface area contributed by atoms with Crippen molar-refractivity contribution < 1.29 is 14.5 Å². The Kier molecular flexibility index (Phi) is 5.02. The van der Waals surface area contributed by atoms with E-state index in [2.05, 4.69) is 4.98 Å². The minimum Gasteiger partial charge on any atom is -0.449 e. The van der Waals surface area contributed by atoms with Crippen LogP contribution in [-0.2, 0) is 4.74 Å². The summed E-state index contributed by atoms with van der Waals surface area (Å²) >= 11 is 0. The predicted octanol–water partition coefficient (Wildman–Crippen LogP) is 2.29. The first kappa shape index (κ1) is 17.0. The third-order valence-electron chi connectivity index (χ3n) is 3.43. The monoisotopic (exact) mass is 322 g/mol. The third kappa shape index (κ3) is 4.80. The van der Waals surface area contributed by atoms with Crippen LogP contribution in [0.1, 0.15) is 20.8 Å². The van der Waals surface area contributed by atoms with Gasteiger partial charge in [0.15, 0.2) is 0 Å². The second-order valence-electron chi connectivity index (χ2n) is 6.72. The minimum atomic E-state index is -0.439. The van der Waals surface area contributed by atoms with Crippen molar-refractivity contribution >= 4 is 17.6 Å². The van der Waals surface area contributed by atoms with Gasteiger partial charge in [0.05, 0.1) is 17.6 Å². The molecule has 0 saturated carbocycles. The number of amides is 1. The zero-order chi connectivity index (χ0) is 17.0. The standard InChI is InChI=1S/C15H22N4O4/c1-15(2,3)11-23-14(20)18-8-6-17(7-9-18)13-10-12(19(21)22)4-5-16-13/h4-5,10H,6-9,11H2,1-3H3. The first-order chi connectivity index (χ1) is 10.8. The van der Waals surface area contributed by atoms with Gasteiger partial charge in [0.1, 0.15) is 5.82 Å². The fourth-order valence-electron chi connectivity index (χ4n) is 2.18. The van der Waals surface area contributed by atoms with Crippen molar-refractivity contribution in [2.24, 2.45) is 5.41 Å². The molecule has 0 bridgehead atoms. The van der Waals surface area contributed by atoms with E-state index in [4.69, 9.17) is 4.74 Å². The van der Waals surface area contributed by atoms with Crippen LogP contribution < -0.4 is 4.90 Å². The predicted molar refractivity (Wildman–Crippen MR) is 85.5 cm³/mol. The number of piperazine rings is 1. The summed E-state index contributed by atoms with van der Waals surface area (Å²) in [4.78, 5) is 30.1. The molecule has 2 heterocycles. The maximum absolute atomic E-state index is 12.0. The summed E-state index contributed by atoms with van der Waals surface area (Å²) in [5, 5.41) is 10.8. The van der Waals surface area contributed by atoms with Gasteiger partial charge >= 0.3 is 6.09 Å². The Morgan fingerprint density at radius 2 is 2.00 bits per heavy atom. The first-order valence-corrected chi connectivity index (χ1v) is 7.53. The lowest BCUT2D eigenvalue weighted by molar-refractivity contribution is -0.384. The maximum Gasteiger partial charge on any atom is 0.409 e. The molecule has 1 aliphatic heterocycles. The van der Waals surface area contributed by atoms with Crippen LogP contribution in [0.4, 0.5) is 16.3 Å². The Morgan fingerprint density at radius 1 is 1.35 bits per heavy atom. The molecule has 8 nitrogen and oxygen atoms in total. The number of pyridine rings is 1. The maximum atomic E-state index is 12.0. The number of hydrogen-bond acceptors (Lipinski definition) is 6. The van der Waals surface area contributed by atoms with Crippen LogP contribution in [0.15, 0.2) is 18.3 Å². The molecule has 1 amide bonds. The van der Waals surface area contributed by atoms with Gasteiger partial charge in [-0.2, -0.15) is 0 Å². The summed E-state index contributed by atoms with van der Waals surface area (Å²) in [7, 11) is 0. The summed E-state index contributed by atoms with van der Waals surface area (Å²) < 4.78 is 5.30. The average molecular weight is 322 g/mol. The Balaban J connectivity index is 1.90. The number of anilines is 1. The van der Waals surface area contributed by atoms with Crippen LogP contribution in [0.2, 0.25) is 0 Å². The fourth-order valence-corrected chi connectivity index (χ4v) is 2.18. The summed E-state index contributed by atoms with van der Waals surface area (Å²) in [5.74, 6) is 0.557. The number of rotatable bonds is 3. The van der Waals surface area contributed by atoms with Gasteiger partial charge in [-0.3, -0.25) is 10.1 Å². The minimum absolute atomic E-state index is 0.0158. The van der Waals surface area contributed by atoms with Gasteiger partial charge in [-0.05, 0) is 5.41 Å². The van der Waals surface area contributed by atoms with E-state index >= 15 is 0 Å². The molecule has 1 fully saturated rings. The van der Waals surface area contributed by atoms with Crippen LogP contribution in [0.5, 0.6) is 0 Å². The molecule has 0 spiro atoms. The molecule has 1 saturated heterocycles. The van der Waals surface area contributed by atoms with Crippen LogP contribution in [0.3, 0.4) is 0 Å². The van der Waals surface area contributed by atoms with Crippen LogP contribution >= 0.6 is 0 Å². The second-order valence-corrected chi connectivity index (χ2v) is 6.72. The number of ether oxygens (including phenoxy) is 1. The van der Waals surface area contributed by atoms with E-state index in [1.165, 1.54) is 18.3 Å². The fraction of sp³-hybridized carbons (Fsp3) is 0.600. The van der Waals surface area contributed by atoms with Gasteiger partial charge in [-0.15, -0.1) is 0 Å². The topological polar surface area (TPSA) is 88.8 Å². The molecule has 2 rings (SSSR count). The molecule has 1 aromatic heterocycles. The van der Waals surface area contributed by atoms with Gasteiger partial charge in [-0.25, -0.2) is 9.78 Å². The number of nitrogens with zero attached hydrogens (tertiary/aromatic N) is 4. The van der Waals surface area contributed by atoms with Crippen molar-refractivity contribution in [3.8, 4) is 0 Å². The van der Waals surface area contributed by atoms with Crippen molar-refractivity contribution in [1.82, 2.24) is 9.88 Å². The zero-order valence-corrected chi connectivity index (χ0v) is 13.7. The first-order valence-electron chi connectivity index (χ1n) is 7.53. The normalized spacial score (nSPS) is 15.4. The van der Waals surface area contributed by atoms with Crippen molar-refractivity contribution in [1.29, 1.82) is 0 Å². The van der Waals surface area contributed by atoms with E-state index in [-0.39, 0.29) is 17.2 Å². The van der Waals surface area contributed by atoms with Gasteiger partial charge in [0.25, 0.3) is 5.69 Å². The van der Waals surface area contributed by atoms with Crippen molar-refractivity contribution in [3.05, 3.63) is 28.4 Å². The Labute approximate surface area is 135 Å². The molecule has 0 N–H and O–H groups in total. The van der Waals surface area contributed by atoms with E-state index in [9.17, 15) is 14.9 Å². The number of aromatic nitrogens is 1. The molecule has 0 aromatic carbocycles. The number of nitro groups is 1. The molecule has 0 radical (unpaired) electrons. The van der Waals surface area contributed by atoms with Crippen LogP contribution in [0.25, 0.3) is 0 Å². The van der Waals surface area contributed by atoms with Crippen molar-refractivity contribution in [3.63, 3.8) is 0 Å².